The molecule has 0 heterocycles. The average molecular weight is 303 g/mol. The Morgan fingerprint density at radius 2 is 2.00 bits per heavy atom. The summed E-state index contributed by atoms with van der Waals surface area (Å²) >= 11 is 0.856. The van der Waals surface area contributed by atoms with Crippen LogP contribution in [0.25, 0.3) is 0 Å². The van der Waals surface area contributed by atoms with Crippen LogP contribution < -0.4 is 5.32 Å². The molecule has 2 unspecified atom stereocenters. The molecular formula is C15H20F3NS. The van der Waals surface area contributed by atoms with Gasteiger partial charge in [0.15, 0.2) is 0 Å². The lowest BCUT2D eigenvalue weighted by Gasteiger charge is -2.17. The quantitative estimate of drug-likeness (QED) is 0.738. The van der Waals surface area contributed by atoms with Gasteiger partial charge in [-0.1, -0.05) is 25.5 Å². The molecule has 0 saturated heterocycles. The van der Waals surface area contributed by atoms with Crippen LogP contribution >= 0.6 is 11.8 Å². The molecule has 1 aliphatic rings. The molecule has 0 radical (unpaired) electrons. The van der Waals surface area contributed by atoms with Crippen molar-refractivity contribution in [1.82, 2.24) is 0 Å². The second-order valence-electron chi connectivity index (χ2n) is 5.33. The SMILES string of the molecule is CCC1CCC(Nc2ccccc2SCC(F)(F)F)C1. The van der Waals surface area contributed by atoms with Gasteiger partial charge in [-0.25, -0.2) is 0 Å². The van der Waals surface area contributed by atoms with Crippen LogP contribution in [0.5, 0.6) is 0 Å². The maximum Gasteiger partial charge on any atom is 0.398 e. The van der Waals surface area contributed by atoms with Gasteiger partial charge in [-0.3, -0.25) is 0 Å². The molecule has 0 bridgehead atoms. The fourth-order valence-corrected chi connectivity index (χ4v) is 3.44. The van der Waals surface area contributed by atoms with Crippen LogP contribution in [-0.4, -0.2) is 18.0 Å². The minimum Gasteiger partial charge on any atom is -0.381 e. The van der Waals surface area contributed by atoms with Crippen LogP contribution in [0.15, 0.2) is 29.2 Å². The topological polar surface area (TPSA) is 12.0 Å². The summed E-state index contributed by atoms with van der Waals surface area (Å²) in [5.74, 6) is -0.0870. The van der Waals surface area contributed by atoms with Crippen LogP contribution in [0.2, 0.25) is 0 Å². The zero-order valence-electron chi connectivity index (χ0n) is 11.5. The Kier molecular flexibility index (Phi) is 5.24. The van der Waals surface area contributed by atoms with Gasteiger partial charge in [0, 0.05) is 16.6 Å². The molecule has 1 fully saturated rings. The molecule has 1 saturated carbocycles. The first-order valence-corrected chi connectivity index (χ1v) is 8.01. The zero-order valence-corrected chi connectivity index (χ0v) is 12.4. The number of para-hydroxylation sites is 1. The van der Waals surface area contributed by atoms with E-state index >= 15 is 0 Å². The number of rotatable bonds is 5. The molecular weight excluding hydrogens is 283 g/mol. The van der Waals surface area contributed by atoms with Crippen molar-refractivity contribution in [2.75, 3.05) is 11.1 Å². The van der Waals surface area contributed by atoms with E-state index in [1.54, 1.807) is 12.1 Å². The van der Waals surface area contributed by atoms with E-state index in [4.69, 9.17) is 0 Å². The summed E-state index contributed by atoms with van der Waals surface area (Å²) in [5, 5.41) is 3.42. The van der Waals surface area contributed by atoms with Gasteiger partial charge >= 0.3 is 6.18 Å². The normalized spacial score (nSPS) is 23.0. The Labute approximate surface area is 122 Å². The first kappa shape index (κ1) is 15.5. The molecule has 0 amide bonds. The number of hydrogen-bond acceptors (Lipinski definition) is 2. The van der Waals surface area contributed by atoms with E-state index in [9.17, 15) is 13.2 Å². The highest BCUT2D eigenvalue weighted by atomic mass is 32.2. The van der Waals surface area contributed by atoms with Crippen LogP contribution in [0.3, 0.4) is 0 Å². The first-order chi connectivity index (χ1) is 9.48. The highest BCUT2D eigenvalue weighted by Crippen LogP contribution is 2.35. The van der Waals surface area contributed by atoms with E-state index < -0.39 is 11.9 Å². The molecule has 1 nitrogen and oxygen atoms in total. The number of thioether (sulfide) groups is 1. The standard InChI is InChI=1S/C15H20F3NS/c1-2-11-7-8-12(9-11)19-13-5-3-4-6-14(13)20-10-15(16,17)18/h3-6,11-12,19H,2,7-10H2,1H3. The Morgan fingerprint density at radius 3 is 2.65 bits per heavy atom. The molecule has 112 valence electrons. The summed E-state index contributed by atoms with van der Waals surface area (Å²) < 4.78 is 37.0. The van der Waals surface area contributed by atoms with Crippen molar-refractivity contribution in [2.45, 2.75) is 49.7 Å². The third-order valence-corrected chi connectivity index (χ3v) is 4.90. The lowest BCUT2D eigenvalue weighted by atomic mass is 10.1. The van der Waals surface area contributed by atoms with Gasteiger partial charge in [0.2, 0.25) is 0 Å². The summed E-state index contributed by atoms with van der Waals surface area (Å²) in [6, 6.07) is 7.68. The maximum absolute atomic E-state index is 12.3. The molecule has 5 heteroatoms. The van der Waals surface area contributed by atoms with Gasteiger partial charge in [-0.2, -0.15) is 13.2 Å². The summed E-state index contributed by atoms with van der Waals surface area (Å²) in [6.07, 6.45) is 0.499. The van der Waals surface area contributed by atoms with Gasteiger partial charge in [-0.05, 0) is 37.3 Å². The minimum atomic E-state index is -4.13. The molecule has 0 aromatic heterocycles. The van der Waals surface area contributed by atoms with Gasteiger partial charge in [0.1, 0.15) is 0 Å². The summed E-state index contributed by atoms with van der Waals surface area (Å²) in [7, 11) is 0. The third-order valence-electron chi connectivity index (χ3n) is 3.76. The van der Waals surface area contributed by atoms with Gasteiger partial charge < -0.3 is 5.32 Å². The zero-order chi connectivity index (χ0) is 14.6. The van der Waals surface area contributed by atoms with Gasteiger partial charge in [-0.15, -0.1) is 11.8 Å². The van der Waals surface area contributed by atoms with Crippen molar-refractivity contribution in [1.29, 1.82) is 0 Å². The van der Waals surface area contributed by atoms with Crippen molar-refractivity contribution in [2.24, 2.45) is 5.92 Å². The fourth-order valence-electron chi connectivity index (χ4n) is 2.67. The van der Waals surface area contributed by atoms with E-state index in [1.807, 2.05) is 12.1 Å². The summed E-state index contributed by atoms with van der Waals surface area (Å²) in [6.45, 7) is 2.19. The molecule has 1 N–H and O–H groups in total. The number of nitrogens with one attached hydrogen (secondary N) is 1. The van der Waals surface area contributed by atoms with Gasteiger partial charge in [0.05, 0.1) is 5.75 Å². The Balaban J connectivity index is 1.97. The molecule has 20 heavy (non-hydrogen) atoms. The molecule has 0 spiro atoms. The van der Waals surface area contributed by atoms with Crippen molar-refractivity contribution in [3.8, 4) is 0 Å². The number of benzene rings is 1. The molecule has 1 aliphatic carbocycles. The van der Waals surface area contributed by atoms with E-state index in [-0.39, 0.29) is 0 Å². The predicted octanol–water partition coefficient (Wildman–Crippen LogP) is 5.33. The van der Waals surface area contributed by atoms with Crippen molar-refractivity contribution in [3.05, 3.63) is 24.3 Å². The van der Waals surface area contributed by atoms with Crippen molar-refractivity contribution >= 4 is 17.4 Å². The first-order valence-electron chi connectivity index (χ1n) is 7.03. The second kappa shape index (κ2) is 6.74. The molecule has 0 aliphatic heterocycles. The van der Waals surface area contributed by atoms with E-state index in [2.05, 4.69) is 12.2 Å². The molecule has 1 aromatic rings. The largest absolute Gasteiger partial charge is 0.398 e. The lowest BCUT2D eigenvalue weighted by molar-refractivity contribution is -0.105. The average Bonchev–Trinajstić information content (AvgIpc) is 2.84. The monoisotopic (exact) mass is 303 g/mol. The smallest absolute Gasteiger partial charge is 0.381 e. The van der Waals surface area contributed by atoms with Crippen molar-refractivity contribution < 1.29 is 13.2 Å². The van der Waals surface area contributed by atoms with Crippen LogP contribution in [0.4, 0.5) is 18.9 Å². The van der Waals surface area contributed by atoms with Gasteiger partial charge in [0.25, 0.3) is 0 Å². The van der Waals surface area contributed by atoms with Crippen LogP contribution in [0, 0.1) is 5.92 Å². The third kappa shape index (κ3) is 4.62. The highest BCUT2D eigenvalue weighted by Gasteiger charge is 2.28. The number of hydrogen-bond donors (Lipinski definition) is 1. The maximum atomic E-state index is 12.3. The second-order valence-corrected chi connectivity index (χ2v) is 6.35. The molecule has 1 aromatic carbocycles. The minimum absolute atomic E-state index is 0.396. The number of halogens is 3. The fraction of sp³-hybridized carbons (Fsp3) is 0.600. The van der Waals surface area contributed by atoms with Crippen LogP contribution in [-0.2, 0) is 0 Å². The molecule has 2 atom stereocenters. The predicted molar refractivity (Wildman–Crippen MR) is 78.3 cm³/mol. The Hall–Kier alpha value is -0.840. The number of alkyl halides is 3. The Bertz CT molecular complexity index is 433. The Morgan fingerprint density at radius 1 is 1.25 bits per heavy atom. The summed E-state index contributed by atoms with van der Waals surface area (Å²) in [5.41, 5.74) is 0.837. The van der Waals surface area contributed by atoms with E-state index in [0.29, 0.717) is 10.9 Å². The van der Waals surface area contributed by atoms with E-state index in [1.165, 1.54) is 12.8 Å². The van der Waals surface area contributed by atoms with Crippen molar-refractivity contribution in [3.63, 3.8) is 0 Å². The lowest BCUT2D eigenvalue weighted by Crippen LogP contribution is -2.16. The number of anilines is 1. The molecule has 2 rings (SSSR count). The highest BCUT2D eigenvalue weighted by molar-refractivity contribution is 7.99. The van der Waals surface area contributed by atoms with Crippen LogP contribution in [0.1, 0.15) is 32.6 Å². The van der Waals surface area contributed by atoms with E-state index in [0.717, 1.165) is 36.2 Å². The summed E-state index contributed by atoms with van der Waals surface area (Å²) in [4.78, 5) is 0.685.